The van der Waals surface area contributed by atoms with Crippen LogP contribution in [-0.2, 0) is 0 Å². The van der Waals surface area contributed by atoms with Gasteiger partial charge in [-0.05, 0) is 49.2 Å². The molecule has 0 radical (unpaired) electrons. The molecule has 0 bridgehead atoms. The van der Waals surface area contributed by atoms with Crippen LogP contribution in [0, 0.1) is 13.8 Å². The zero-order chi connectivity index (χ0) is 14.0. The van der Waals surface area contributed by atoms with Gasteiger partial charge in [0, 0.05) is 0 Å². The third-order valence-corrected chi connectivity index (χ3v) is 3.10. The van der Waals surface area contributed by atoms with E-state index in [0.29, 0.717) is 17.3 Å². The maximum absolute atomic E-state index is 10.4. The number of furan rings is 1. The molecule has 102 valence electrons. The average Bonchev–Trinajstić information content (AvgIpc) is 2.84. The fourth-order valence-electron chi connectivity index (χ4n) is 2.04. The van der Waals surface area contributed by atoms with Crippen LogP contribution in [0.4, 0.5) is 0 Å². The number of rotatable bonds is 4. The molecule has 19 heavy (non-hydrogen) atoms. The summed E-state index contributed by atoms with van der Waals surface area (Å²) >= 11 is 0. The second kappa shape index (κ2) is 5.36. The van der Waals surface area contributed by atoms with Crippen LogP contribution in [0.15, 0.2) is 28.7 Å². The molecule has 4 nitrogen and oxygen atoms in total. The molecule has 0 amide bonds. The molecule has 1 atom stereocenters. The second-order valence-corrected chi connectivity index (χ2v) is 4.41. The van der Waals surface area contributed by atoms with Crippen molar-refractivity contribution >= 4 is 0 Å². The number of benzene rings is 1. The lowest BCUT2D eigenvalue weighted by atomic mass is 10.0. The van der Waals surface area contributed by atoms with Crippen LogP contribution < -0.4 is 9.47 Å². The number of hydrogen-bond donors (Lipinski definition) is 1. The van der Waals surface area contributed by atoms with Gasteiger partial charge in [0.15, 0.2) is 11.5 Å². The highest BCUT2D eigenvalue weighted by molar-refractivity contribution is 5.48. The van der Waals surface area contributed by atoms with E-state index in [1.54, 1.807) is 26.4 Å². The number of hydrogen-bond acceptors (Lipinski definition) is 4. The van der Waals surface area contributed by atoms with Crippen molar-refractivity contribution in [2.45, 2.75) is 20.0 Å². The first-order chi connectivity index (χ1) is 9.06. The van der Waals surface area contributed by atoms with Crippen molar-refractivity contribution < 1.29 is 19.0 Å². The molecule has 0 aliphatic heterocycles. The molecular weight excluding hydrogens is 244 g/mol. The van der Waals surface area contributed by atoms with Crippen molar-refractivity contribution in [2.24, 2.45) is 0 Å². The normalized spacial score (nSPS) is 12.3. The van der Waals surface area contributed by atoms with Crippen LogP contribution in [0.2, 0.25) is 0 Å². The van der Waals surface area contributed by atoms with Gasteiger partial charge in [-0.15, -0.1) is 0 Å². The molecule has 2 aromatic rings. The lowest BCUT2D eigenvalue weighted by Crippen LogP contribution is -2.02. The van der Waals surface area contributed by atoms with Gasteiger partial charge in [-0.3, -0.25) is 0 Å². The van der Waals surface area contributed by atoms with Crippen molar-refractivity contribution in [1.82, 2.24) is 0 Å². The first-order valence-electron chi connectivity index (χ1n) is 6.03. The summed E-state index contributed by atoms with van der Waals surface area (Å²) in [6, 6.07) is 7.22. The van der Waals surface area contributed by atoms with Crippen molar-refractivity contribution in [3.8, 4) is 11.5 Å². The smallest absolute Gasteiger partial charge is 0.161 e. The second-order valence-electron chi connectivity index (χ2n) is 4.41. The molecule has 1 N–H and O–H groups in total. The fourth-order valence-corrected chi connectivity index (χ4v) is 2.04. The van der Waals surface area contributed by atoms with Crippen LogP contribution >= 0.6 is 0 Å². The number of methoxy groups -OCH3 is 2. The molecular formula is C15H18O4. The van der Waals surface area contributed by atoms with E-state index in [1.165, 1.54) is 0 Å². The highest BCUT2D eigenvalue weighted by atomic mass is 16.5. The molecule has 0 saturated heterocycles. The molecule has 2 rings (SSSR count). The van der Waals surface area contributed by atoms with Gasteiger partial charge in [0.1, 0.15) is 17.6 Å². The van der Waals surface area contributed by atoms with Gasteiger partial charge in [0.2, 0.25) is 0 Å². The van der Waals surface area contributed by atoms with Crippen molar-refractivity contribution in [3.05, 3.63) is 46.9 Å². The van der Waals surface area contributed by atoms with Crippen LogP contribution in [0.3, 0.4) is 0 Å². The largest absolute Gasteiger partial charge is 0.493 e. The summed E-state index contributed by atoms with van der Waals surface area (Å²) in [5.41, 5.74) is 1.66. The summed E-state index contributed by atoms with van der Waals surface area (Å²) in [6.07, 6.45) is -0.812. The first kappa shape index (κ1) is 13.5. The van der Waals surface area contributed by atoms with Crippen LogP contribution in [0.25, 0.3) is 0 Å². The molecule has 0 saturated carbocycles. The number of aliphatic hydroxyl groups is 1. The topological polar surface area (TPSA) is 51.8 Å². The third-order valence-electron chi connectivity index (χ3n) is 3.10. The number of aryl methyl sites for hydroxylation is 2. The molecule has 0 aliphatic carbocycles. The van der Waals surface area contributed by atoms with Gasteiger partial charge in [-0.25, -0.2) is 0 Å². The van der Waals surface area contributed by atoms with E-state index in [1.807, 2.05) is 26.0 Å². The Kier molecular flexibility index (Phi) is 3.81. The van der Waals surface area contributed by atoms with Crippen molar-refractivity contribution in [1.29, 1.82) is 0 Å². The standard InChI is InChI=1S/C15H18O4/c1-9-7-13(17-3)14(18-4)8-11(9)15(16)12-6-5-10(2)19-12/h5-8,15-16H,1-4H3. The van der Waals surface area contributed by atoms with Gasteiger partial charge in [-0.1, -0.05) is 0 Å². The number of aliphatic hydroxyl groups excluding tert-OH is 1. The molecule has 0 aliphatic rings. The quantitative estimate of drug-likeness (QED) is 0.920. The predicted octanol–water partition coefficient (Wildman–Crippen LogP) is 3.00. The summed E-state index contributed by atoms with van der Waals surface area (Å²) in [5.74, 6) is 2.53. The lowest BCUT2D eigenvalue weighted by molar-refractivity contribution is 0.186. The summed E-state index contributed by atoms with van der Waals surface area (Å²) in [7, 11) is 3.16. The Bertz CT molecular complexity index is 572. The van der Waals surface area contributed by atoms with Crippen LogP contribution in [0.1, 0.15) is 28.8 Å². The van der Waals surface area contributed by atoms with Crippen molar-refractivity contribution in [3.63, 3.8) is 0 Å². The molecule has 0 spiro atoms. The van der Waals surface area contributed by atoms with Gasteiger partial charge in [0.25, 0.3) is 0 Å². The van der Waals surface area contributed by atoms with E-state index >= 15 is 0 Å². The van der Waals surface area contributed by atoms with E-state index in [0.717, 1.165) is 16.9 Å². The van der Waals surface area contributed by atoms with Gasteiger partial charge < -0.3 is 19.0 Å². The van der Waals surface area contributed by atoms with E-state index < -0.39 is 6.10 Å². The average molecular weight is 262 g/mol. The monoisotopic (exact) mass is 262 g/mol. The first-order valence-corrected chi connectivity index (χ1v) is 6.03. The van der Waals surface area contributed by atoms with Crippen LogP contribution in [-0.4, -0.2) is 19.3 Å². The maximum atomic E-state index is 10.4. The molecule has 1 heterocycles. The maximum Gasteiger partial charge on any atom is 0.161 e. The van der Waals surface area contributed by atoms with Gasteiger partial charge in [-0.2, -0.15) is 0 Å². The molecule has 1 aromatic carbocycles. The Hall–Kier alpha value is -1.94. The summed E-state index contributed by atoms with van der Waals surface area (Å²) in [6.45, 7) is 3.76. The highest BCUT2D eigenvalue weighted by Gasteiger charge is 2.19. The zero-order valence-corrected chi connectivity index (χ0v) is 11.6. The molecule has 1 unspecified atom stereocenters. The van der Waals surface area contributed by atoms with E-state index in [-0.39, 0.29) is 0 Å². The molecule has 0 fully saturated rings. The summed E-state index contributed by atoms with van der Waals surface area (Å²) in [4.78, 5) is 0. The third kappa shape index (κ3) is 2.58. The summed E-state index contributed by atoms with van der Waals surface area (Å²) < 4.78 is 16.0. The minimum atomic E-state index is -0.812. The Morgan fingerprint density at radius 3 is 2.21 bits per heavy atom. The van der Waals surface area contributed by atoms with E-state index in [4.69, 9.17) is 13.9 Å². The van der Waals surface area contributed by atoms with Crippen molar-refractivity contribution in [2.75, 3.05) is 14.2 Å². The van der Waals surface area contributed by atoms with Gasteiger partial charge >= 0.3 is 0 Å². The molecule has 1 aromatic heterocycles. The SMILES string of the molecule is COc1cc(C)c(C(O)c2ccc(C)o2)cc1OC. The highest BCUT2D eigenvalue weighted by Crippen LogP contribution is 2.35. The minimum absolute atomic E-state index is 0.521. The molecule has 4 heteroatoms. The Balaban J connectivity index is 2.44. The fraction of sp³-hybridized carbons (Fsp3) is 0.333. The zero-order valence-electron chi connectivity index (χ0n) is 11.6. The minimum Gasteiger partial charge on any atom is -0.493 e. The summed E-state index contributed by atoms with van der Waals surface area (Å²) in [5, 5.41) is 10.4. The Morgan fingerprint density at radius 2 is 1.68 bits per heavy atom. The Labute approximate surface area is 112 Å². The van der Waals surface area contributed by atoms with E-state index in [9.17, 15) is 5.11 Å². The van der Waals surface area contributed by atoms with Gasteiger partial charge in [0.05, 0.1) is 14.2 Å². The number of ether oxygens (including phenoxy) is 2. The van der Waals surface area contributed by atoms with Crippen LogP contribution in [0.5, 0.6) is 11.5 Å². The van der Waals surface area contributed by atoms with E-state index in [2.05, 4.69) is 0 Å². The Morgan fingerprint density at radius 1 is 1.05 bits per heavy atom. The predicted molar refractivity (Wildman–Crippen MR) is 71.8 cm³/mol. The lowest BCUT2D eigenvalue weighted by Gasteiger charge is -2.15.